The van der Waals surface area contributed by atoms with E-state index in [1.165, 1.54) is 38.9 Å². The van der Waals surface area contributed by atoms with E-state index in [0.29, 0.717) is 6.54 Å². The number of fused-ring (bicyclic) bond motifs is 3. The van der Waals surface area contributed by atoms with E-state index in [9.17, 15) is 0 Å². The molecule has 0 heterocycles. The van der Waals surface area contributed by atoms with Gasteiger partial charge >= 0.3 is 21.7 Å². The van der Waals surface area contributed by atoms with Gasteiger partial charge in [0.1, 0.15) is 0 Å². The van der Waals surface area contributed by atoms with Crippen molar-refractivity contribution in [2.45, 2.75) is 13.0 Å². The number of nitrogens with zero attached hydrogens (tertiary/aromatic N) is 1. The minimum atomic E-state index is 0. The SMILES string of the molecule is [Cl-].[Cl-].[Ti+3].c1ccc([N-]Cc2ccccc2-c2cccc3c2Cc2ccccc2-3)cc1. The van der Waals surface area contributed by atoms with Gasteiger partial charge < -0.3 is 30.1 Å². The standard InChI is InChI=1S/C26H20N.2ClH.Ti/c1-2-11-21(12-3-1)27-18-20-10-5-7-14-23(20)25-16-8-15-24-22-13-6-4-9-19(22)17-26(24)25;;;/h1-16H,17-18H2;2*1H;/q-1;;;+3/p-2. The molecule has 30 heavy (non-hydrogen) atoms. The second-order valence-corrected chi connectivity index (χ2v) is 6.97. The molecule has 0 fully saturated rings. The normalized spacial score (nSPS) is 10.5. The zero-order chi connectivity index (χ0) is 18.1. The molecule has 0 aliphatic heterocycles. The Balaban J connectivity index is 0.00000107. The maximum atomic E-state index is 4.80. The van der Waals surface area contributed by atoms with Crippen molar-refractivity contribution in [3.05, 3.63) is 119 Å². The number of hydrogen-bond acceptors (Lipinski definition) is 0. The fourth-order valence-corrected chi connectivity index (χ4v) is 4.04. The molecule has 4 aromatic rings. The van der Waals surface area contributed by atoms with Crippen LogP contribution < -0.4 is 24.8 Å². The largest absolute Gasteiger partial charge is 3.00 e. The zero-order valence-corrected chi connectivity index (χ0v) is 19.4. The van der Waals surface area contributed by atoms with Crippen molar-refractivity contribution in [1.82, 2.24) is 0 Å². The topological polar surface area (TPSA) is 14.1 Å². The summed E-state index contributed by atoms with van der Waals surface area (Å²) in [7, 11) is 0. The Kier molecular flexibility index (Phi) is 8.76. The predicted octanol–water partition coefficient (Wildman–Crippen LogP) is 1.14. The van der Waals surface area contributed by atoms with Crippen molar-refractivity contribution in [3.63, 3.8) is 0 Å². The van der Waals surface area contributed by atoms with Gasteiger partial charge in [-0.05, 0) is 39.8 Å². The van der Waals surface area contributed by atoms with Crippen molar-refractivity contribution in [3.8, 4) is 22.3 Å². The van der Waals surface area contributed by atoms with Crippen LogP contribution in [0.2, 0.25) is 0 Å². The number of para-hydroxylation sites is 1. The van der Waals surface area contributed by atoms with Crippen LogP contribution in [0.1, 0.15) is 16.7 Å². The Bertz CT molecular complexity index is 1110. The summed E-state index contributed by atoms with van der Waals surface area (Å²) in [5.74, 6) is 0. The van der Waals surface area contributed by atoms with Gasteiger partial charge in [0.15, 0.2) is 0 Å². The molecular weight excluding hydrogens is 445 g/mol. The molecule has 0 saturated heterocycles. The van der Waals surface area contributed by atoms with Gasteiger partial charge in [0.2, 0.25) is 0 Å². The molecule has 0 spiro atoms. The van der Waals surface area contributed by atoms with Gasteiger partial charge in [0, 0.05) is 0 Å². The monoisotopic (exact) mass is 464 g/mol. The molecule has 0 N–H and O–H groups in total. The van der Waals surface area contributed by atoms with Crippen LogP contribution in [0.5, 0.6) is 0 Å². The van der Waals surface area contributed by atoms with E-state index in [2.05, 4.69) is 78.9 Å². The van der Waals surface area contributed by atoms with E-state index < -0.39 is 0 Å². The first-order valence-corrected chi connectivity index (χ1v) is 9.41. The van der Waals surface area contributed by atoms with Gasteiger partial charge in [0.25, 0.3) is 0 Å². The maximum absolute atomic E-state index is 4.80. The van der Waals surface area contributed by atoms with E-state index in [4.69, 9.17) is 5.32 Å². The van der Waals surface area contributed by atoms with E-state index in [0.717, 1.165) is 12.1 Å². The van der Waals surface area contributed by atoms with Gasteiger partial charge in [-0.3, -0.25) is 0 Å². The first-order chi connectivity index (χ1) is 13.4. The van der Waals surface area contributed by atoms with Crippen molar-refractivity contribution >= 4 is 5.69 Å². The Morgan fingerprint density at radius 3 is 1.90 bits per heavy atom. The molecule has 0 amide bonds. The van der Waals surface area contributed by atoms with Crippen molar-refractivity contribution in [2.75, 3.05) is 0 Å². The summed E-state index contributed by atoms with van der Waals surface area (Å²) in [5.41, 5.74) is 10.5. The number of halogens is 2. The molecule has 4 aromatic carbocycles. The molecule has 4 heteroatoms. The third-order valence-corrected chi connectivity index (χ3v) is 5.35. The Morgan fingerprint density at radius 1 is 0.567 bits per heavy atom. The smallest absolute Gasteiger partial charge is 1.00 e. The molecule has 1 nitrogen and oxygen atoms in total. The summed E-state index contributed by atoms with van der Waals surface area (Å²) in [6.45, 7) is 0.691. The quantitative estimate of drug-likeness (QED) is 0.354. The van der Waals surface area contributed by atoms with E-state index in [1.54, 1.807) is 0 Å². The van der Waals surface area contributed by atoms with Crippen LogP contribution in [0, 0.1) is 0 Å². The van der Waals surface area contributed by atoms with Crippen LogP contribution in [0.3, 0.4) is 0 Å². The van der Waals surface area contributed by atoms with Crippen LogP contribution >= 0.6 is 0 Å². The van der Waals surface area contributed by atoms with E-state index in [-0.39, 0.29) is 46.5 Å². The van der Waals surface area contributed by atoms with Gasteiger partial charge in [-0.15, -0.1) is 12.2 Å². The molecule has 0 aromatic heterocycles. The molecule has 5 rings (SSSR count). The first-order valence-electron chi connectivity index (χ1n) is 9.41. The Labute approximate surface area is 205 Å². The second kappa shape index (κ2) is 10.8. The number of hydrogen-bond donors (Lipinski definition) is 0. The van der Waals surface area contributed by atoms with Crippen LogP contribution in [0.25, 0.3) is 27.6 Å². The van der Waals surface area contributed by atoms with Crippen molar-refractivity contribution < 1.29 is 46.5 Å². The van der Waals surface area contributed by atoms with Gasteiger partial charge in [-0.25, -0.2) is 0 Å². The summed E-state index contributed by atoms with van der Waals surface area (Å²) in [4.78, 5) is 0. The van der Waals surface area contributed by atoms with Crippen molar-refractivity contribution in [1.29, 1.82) is 0 Å². The molecule has 1 radical (unpaired) electrons. The molecule has 147 valence electrons. The van der Waals surface area contributed by atoms with Gasteiger partial charge in [-0.2, -0.15) is 0 Å². The third-order valence-electron chi connectivity index (χ3n) is 5.35. The number of benzene rings is 4. The summed E-state index contributed by atoms with van der Waals surface area (Å²) < 4.78 is 0. The first kappa shape index (κ1) is 24.2. The predicted molar refractivity (Wildman–Crippen MR) is 113 cm³/mol. The summed E-state index contributed by atoms with van der Waals surface area (Å²) in [6.07, 6.45) is 1.01. The molecule has 0 bridgehead atoms. The van der Waals surface area contributed by atoms with E-state index in [1.807, 2.05) is 18.2 Å². The Morgan fingerprint density at radius 2 is 1.13 bits per heavy atom. The fraction of sp³-hybridized carbons (Fsp3) is 0.0769. The van der Waals surface area contributed by atoms with Crippen LogP contribution in [0.15, 0.2) is 97.1 Å². The van der Waals surface area contributed by atoms with E-state index >= 15 is 0 Å². The molecule has 0 saturated carbocycles. The summed E-state index contributed by atoms with van der Waals surface area (Å²) in [6, 6.07) is 34.3. The van der Waals surface area contributed by atoms with Crippen LogP contribution in [0.4, 0.5) is 5.69 Å². The molecule has 0 unspecified atom stereocenters. The molecule has 0 atom stereocenters. The minimum Gasteiger partial charge on any atom is -1.00 e. The van der Waals surface area contributed by atoms with Crippen LogP contribution in [-0.2, 0) is 34.7 Å². The molecule has 1 aliphatic rings. The molecule has 1 aliphatic carbocycles. The Hall–Kier alpha value is -2.03. The van der Waals surface area contributed by atoms with Crippen LogP contribution in [-0.4, -0.2) is 0 Å². The fourth-order valence-electron chi connectivity index (χ4n) is 4.04. The second-order valence-electron chi connectivity index (χ2n) is 6.97. The summed E-state index contributed by atoms with van der Waals surface area (Å²) >= 11 is 0. The minimum absolute atomic E-state index is 0. The molecular formula is C26H20Cl2NTi. The average molecular weight is 465 g/mol. The number of rotatable bonds is 4. The van der Waals surface area contributed by atoms with Gasteiger partial charge in [0.05, 0.1) is 0 Å². The summed E-state index contributed by atoms with van der Waals surface area (Å²) in [5, 5.41) is 4.80. The van der Waals surface area contributed by atoms with Gasteiger partial charge in [-0.1, -0.05) is 103 Å². The zero-order valence-electron chi connectivity index (χ0n) is 16.4. The third kappa shape index (κ3) is 4.66. The maximum Gasteiger partial charge on any atom is 3.00 e. The van der Waals surface area contributed by atoms with Crippen molar-refractivity contribution in [2.24, 2.45) is 0 Å². The average Bonchev–Trinajstić information content (AvgIpc) is 3.12.